The zero-order valence-electron chi connectivity index (χ0n) is 30.9. The van der Waals surface area contributed by atoms with E-state index in [1.807, 2.05) is 0 Å². The molecule has 3 saturated heterocycles. The molecule has 11 atom stereocenters. The summed E-state index contributed by atoms with van der Waals surface area (Å²) in [6, 6.07) is 0. The number of ether oxygens (including phenoxy) is 4. The van der Waals surface area contributed by atoms with Crippen molar-refractivity contribution < 1.29 is 56.1 Å². The van der Waals surface area contributed by atoms with E-state index in [1.54, 1.807) is 6.08 Å². The summed E-state index contributed by atoms with van der Waals surface area (Å²) in [5.41, 5.74) is 0. The molecule has 0 aromatic rings. The molecule has 14 heteroatoms. The minimum absolute atomic E-state index is 0.00879. The van der Waals surface area contributed by atoms with Crippen LogP contribution in [-0.2, 0) is 50.6 Å². The fourth-order valence-corrected chi connectivity index (χ4v) is 9.24. The Labute approximate surface area is 271 Å². The first kappa shape index (κ1) is 32.3. The molecule has 0 aromatic carbocycles. The molecule has 0 saturated carbocycles. The lowest BCUT2D eigenvalue weighted by molar-refractivity contribution is -0.00781. The molecule has 1 unspecified atom stereocenters. The standard InChI is InChI=1S/C30H56O11P2Si/c1-9-15-33-16-11-21-43(32,39-25-12-17-34-24(25)3)38-22-28-26(13-18-35-28)40-42(31,20-10-2)37-23-29-27(14-19-36-29)41-44(7,8)30(4,5)6/h9-10,24-29H,1-2,11-23H2,3-8H3/t24-,25+,26+,27+,28-,29-,42-,43?/m1/s1/i3D,17T,18T,19T/t17-,18-,19-,24+,25-,26-,27-,28+,29+,42+,43?/m0. The van der Waals surface area contributed by atoms with E-state index in [2.05, 4.69) is 47.0 Å². The molecule has 44 heavy (non-hydrogen) atoms. The van der Waals surface area contributed by atoms with E-state index in [0.29, 0.717) is 19.4 Å². The van der Waals surface area contributed by atoms with Crippen LogP contribution in [0.4, 0.5) is 0 Å². The Morgan fingerprint density at radius 3 is 2.16 bits per heavy atom. The van der Waals surface area contributed by atoms with E-state index in [1.165, 1.54) is 6.08 Å². The number of rotatable bonds is 20. The second-order valence-corrected chi connectivity index (χ2v) is 21.6. The van der Waals surface area contributed by atoms with E-state index in [-0.39, 0.29) is 56.9 Å². The Hall–Kier alpha value is -0.203. The molecule has 0 aromatic heterocycles. The van der Waals surface area contributed by atoms with Gasteiger partial charge in [-0.05, 0) is 37.9 Å². The third kappa shape index (κ3) is 11.5. The first-order valence-corrected chi connectivity index (χ1v) is 21.6. The second-order valence-electron chi connectivity index (χ2n) is 12.7. The first-order chi connectivity index (χ1) is 22.4. The van der Waals surface area contributed by atoms with Crippen molar-refractivity contribution in [3.05, 3.63) is 25.3 Å². The molecule has 0 amide bonds. The van der Waals surface area contributed by atoms with Gasteiger partial charge in [0, 0.05) is 40.6 Å². The number of hydrogen-bond donors (Lipinski definition) is 0. The topological polar surface area (TPSA) is 117 Å². The fourth-order valence-electron chi connectivity index (χ4n) is 4.48. The van der Waals surface area contributed by atoms with Gasteiger partial charge in [-0.2, -0.15) is 0 Å². The molecule has 0 bridgehead atoms. The summed E-state index contributed by atoms with van der Waals surface area (Å²) in [4.78, 5) is 0. The van der Waals surface area contributed by atoms with Crippen molar-refractivity contribution in [3.8, 4) is 0 Å². The van der Waals surface area contributed by atoms with E-state index < -0.39 is 79.9 Å². The normalized spacial score (nSPS) is 37.0. The monoisotopic (exact) mass is 689 g/mol. The lowest BCUT2D eigenvalue weighted by Crippen LogP contribution is -2.46. The summed E-state index contributed by atoms with van der Waals surface area (Å²) < 4.78 is 113. The highest BCUT2D eigenvalue weighted by Crippen LogP contribution is 2.54. The van der Waals surface area contributed by atoms with E-state index in [4.69, 9.17) is 47.0 Å². The summed E-state index contributed by atoms with van der Waals surface area (Å²) in [7, 11) is -9.89. The van der Waals surface area contributed by atoms with Crippen molar-refractivity contribution in [2.45, 2.75) is 108 Å². The van der Waals surface area contributed by atoms with Crippen LogP contribution in [0.3, 0.4) is 0 Å². The van der Waals surface area contributed by atoms with Crippen LogP contribution in [-0.4, -0.2) is 103 Å². The van der Waals surface area contributed by atoms with Gasteiger partial charge in [0.05, 0.1) is 60.7 Å². The SMILES string of the molecule is [2H]C[C@H]1O[C@@H]([3H])C[C@@H]1OP(=O)(CCCOCC=C)OC[C@H]1O[C@@H]([3H])C[C@@H]1O[P@@](=O)(CC=C)OC[C@H]1O[C@@H]([3H])C[C@@H]1O[Si](C)(C)C(C)(C)C. The maximum atomic E-state index is 14.0. The summed E-state index contributed by atoms with van der Waals surface area (Å²) >= 11 is 0. The van der Waals surface area contributed by atoms with Gasteiger partial charge in [0.25, 0.3) is 0 Å². The van der Waals surface area contributed by atoms with Gasteiger partial charge in [-0.15, -0.1) is 13.2 Å². The average molecular weight is 690 g/mol. The summed E-state index contributed by atoms with van der Waals surface area (Å²) in [6.45, 7) is 15.2. The van der Waals surface area contributed by atoms with Crippen LogP contribution in [0, 0.1) is 0 Å². The van der Waals surface area contributed by atoms with E-state index in [0.717, 1.165) is 0 Å². The molecule has 3 aliphatic rings. The van der Waals surface area contributed by atoms with E-state index in [9.17, 15) is 9.13 Å². The Morgan fingerprint density at radius 1 is 0.932 bits per heavy atom. The molecule has 3 aliphatic heterocycles. The van der Waals surface area contributed by atoms with Crippen molar-refractivity contribution in [3.63, 3.8) is 0 Å². The fraction of sp³-hybridized carbons (Fsp3) is 0.867. The van der Waals surface area contributed by atoms with Gasteiger partial charge in [-0.3, -0.25) is 9.13 Å². The Balaban J connectivity index is 1.68. The van der Waals surface area contributed by atoms with Crippen molar-refractivity contribution in [2.75, 3.05) is 58.5 Å². The molecule has 0 aliphatic carbocycles. The van der Waals surface area contributed by atoms with Gasteiger partial charge in [0.15, 0.2) is 8.32 Å². The maximum Gasteiger partial charge on any atom is 0.334 e. The van der Waals surface area contributed by atoms with Gasteiger partial charge >= 0.3 is 15.2 Å². The predicted molar refractivity (Wildman–Crippen MR) is 173 cm³/mol. The molecule has 0 spiro atoms. The first-order valence-electron chi connectivity index (χ1n) is 17.7. The van der Waals surface area contributed by atoms with Gasteiger partial charge in [0.1, 0.15) is 12.2 Å². The third-order valence-electron chi connectivity index (χ3n) is 8.07. The van der Waals surface area contributed by atoms with Crippen LogP contribution < -0.4 is 0 Å². The van der Waals surface area contributed by atoms with Crippen molar-refractivity contribution in [1.29, 1.82) is 0 Å². The van der Waals surface area contributed by atoms with Crippen molar-refractivity contribution in [2.24, 2.45) is 0 Å². The summed E-state index contributed by atoms with van der Waals surface area (Å²) in [5, 5.41) is -0.0569. The van der Waals surface area contributed by atoms with Crippen LogP contribution in [0.15, 0.2) is 25.3 Å². The number of allylic oxidation sites excluding steroid dienone is 1. The number of hydrogen-bond acceptors (Lipinski definition) is 11. The molecule has 3 heterocycles. The highest BCUT2D eigenvalue weighted by Gasteiger charge is 2.44. The zero-order chi connectivity index (χ0) is 35.8. The van der Waals surface area contributed by atoms with Crippen molar-refractivity contribution in [1.82, 2.24) is 0 Å². The summed E-state index contributed by atoms with van der Waals surface area (Å²) in [6.07, 6.45) is -0.537. The van der Waals surface area contributed by atoms with E-state index >= 15 is 0 Å². The van der Waals surface area contributed by atoms with Gasteiger partial charge < -0.3 is 41.5 Å². The lowest BCUT2D eigenvalue weighted by atomic mass is 10.2. The Bertz CT molecular complexity index is 1130. The van der Waals surface area contributed by atoms with Crippen LogP contribution in [0.25, 0.3) is 0 Å². The molecule has 3 rings (SSSR count). The van der Waals surface area contributed by atoms with Crippen molar-refractivity contribution >= 4 is 23.5 Å². The molecule has 11 nitrogen and oxygen atoms in total. The Kier molecular flexibility index (Phi) is 12.7. The quantitative estimate of drug-likeness (QED) is 0.0586. The second kappa shape index (κ2) is 17.3. The molecule has 3 fully saturated rings. The molecule has 0 N–H and O–H groups in total. The van der Waals surface area contributed by atoms with Gasteiger partial charge in [-0.25, -0.2) is 0 Å². The molecule has 0 radical (unpaired) electrons. The third-order valence-corrected chi connectivity index (χ3v) is 16.4. The Morgan fingerprint density at radius 2 is 1.52 bits per heavy atom. The van der Waals surface area contributed by atoms with Gasteiger partial charge in [-0.1, -0.05) is 32.9 Å². The zero-order valence-corrected chi connectivity index (χ0v) is 29.7. The van der Waals surface area contributed by atoms with Crippen LogP contribution >= 0.6 is 15.2 Å². The van der Waals surface area contributed by atoms with Gasteiger partial charge in [0.2, 0.25) is 0 Å². The maximum absolute atomic E-state index is 14.0. The highest BCUT2D eigenvalue weighted by molar-refractivity contribution is 7.54. The van der Waals surface area contributed by atoms with Crippen LogP contribution in [0.1, 0.15) is 58.8 Å². The average Bonchev–Trinajstić information content (AvgIpc) is 3.64. The smallest absolute Gasteiger partial charge is 0.334 e. The molecule has 256 valence electrons. The predicted octanol–water partition coefficient (Wildman–Crippen LogP) is 6.73. The summed E-state index contributed by atoms with van der Waals surface area (Å²) in [5.74, 6) is 0. The highest BCUT2D eigenvalue weighted by atomic mass is 31.2. The lowest BCUT2D eigenvalue weighted by Gasteiger charge is -2.39. The minimum atomic E-state index is -3.86. The molecular weight excluding hydrogens is 626 g/mol. The van der Waals surface area contributed by atoms with Crippen LogP contribution in [0.2, 0.25) is 18.1 Å². The largest absolute Gasteiger partial charge is 0.411 e. The minimum Gasteiger partial charge on any atom is -0.411 e. The molecular formula is C30H56O11P2Si. The van der Waals surface area contributed by atoms with Crippen LogP contribution in [0.5, 0.6) is 0 Å².